The van der Waals surface area contributed by atoms with Crippen molar-refractivity contribution in [1.29, 1.82) is 0 Å². The Hall–Kier alpha value is -1.85. The van der Waals surface area contributed by atoms with Gasteiger partial charge in [0.2, 0.25) is 5.76 Å². The van der Waals surface area contributed by atoms with E-state index in [9.17, 15) is 9.59 Å². The molecule has 1 rings (SSSR count). The second-order valence-corrected chi connectivity index (χ2v) is 2.41. The molecule has 0 saturated heterocycles. The number of carboxylic acids is 1. The number of rotatable bonds is 3. The Morgan fingerprint density at radius 2 is 2.38 bits per heavy atom. The molecule has 70 valence electrons. The van der Waals surface area contributed by atoms with Crippen LogP contribution in [-0.2, 0) is 4.79 Å². The third-order valence-corrected chi connectivity index (χ3v) is 1.38. The molecule has 0 spiro atoms. The van der Waals surface area contributed by atoms with Gasteiger partial charge in [0.1, 0.15) is 6.04 Å². The summed E-state index contributed by atoms with van der Waals surface area (Å²) in [6.07, 6.45) is 1.31. The number of carboxylic acid groups (broad SMARTS) is 1. The summed E-state index contributed by atoms with van der Waals surface area (Å²) in [4.78, 5) is 21.5. The van der Waals surface area contributed by atoms with E-state index < -0.39 is 17.9 Å². The largest absolute Gasteiger partial charge is 0.480 e. The number of nitrogens with zero attached hydrogens (tertiary/aromatic N) is 1. The molecule has 13 heavy (non-hydrogen) atoms. The van der Waals surface area contributed by atoms with Gasteiger partial charge < -0.3 is 14.9 Å². The molecule has 0 aromatic carbocycles. The van der Waals surface area contributed by atoms with Gasteiger partial charge in [-0.25, -0.2) is 0 Å². The van der Waals surface area contributed by atoms with Gasteiger partial charge in [0.15, 0.2) is 0 Å². The minimum Gasteiger partial charge on any atom is -0.480 e. The fraction of sp³-hybridized carbons (Fsp3) is 0.286. The van der Waals surface area contributed by atoms with Crippen LogP contribution in [0.4, 0.5) is 0 Å². The number of nitrogens with one attached hydrogen (secondary N) is 1. The lowest BCUT2D eigenvalue weighted by molar-refractivity contribution is -0.138. The molecule has 0 bridgehead atoms. The van der Waals surface area contributed by atoms with Gasteiger partial charge in [0.25, 0.3) is 5.91 Å². The first-order valence-corrected chi connectivity index (χ1v) is 3.55. The quantitative estimate of drug-likeness (QED) is 0.683. The van der Waals surface area contributed by atoms with Crippen LogP contribution in [0.2, 0.25) is 0 Å². The van der Waals surface area contributed by atoms with Crippen molar-refractivity contribution in [2.24, 2.45) is 0 Å². The van der Waals surface area contributed by atoms with Crippen LogP contribution in [0.3, 0.4) is 0 Å². The summed E-state index contributed by atoms with van der Waals surface area (Å²) in [6.45, 7) is 1.36. The van der Waals surface area contributed by atoms with E-state index in [4.69, 9.17) is 5.11 Å². The van der Waals surface area contributed by atoms with Crippen molar-refractivity contribution in [3.05, 3.63) is 18.0 Å². The summed E-state index contributed by atoms with van der Waals surface area (Å²) in [5.41, 5.74) is 0. The van der Waals surface area contributed by atoms with Gasteiger partial charge in [0.05, 0.1) is 6.20 Å². The van der Waals surface area contributed by atoms with Crippen molar-refractivity contribution in [1.82, 2.24) is 10.5 Å². The molecule has 0 fully saturated rings. The number of amides is 1. The van der Waals surface area contributed by atoms with Crippen molar-refractivity contribution in [3.63, 3.8) is 0 Å². The predicted octanol–water partition coefficient (Wildman–Crippen LogP) is -0.123. The highest BCUT2D eigenvalue weighted by Gasteiger charge is 2.17. The number of aliphatic carboxylic acids is 1. The van der Waals surface area contributed by atoms with Crippen LogP contribution in [0.15, 0.2) is 16.8 Å². The molecule has 0 aliphatic carbocycles. The zero-order valence-electron chi connectivity index (χ0n) is 6.85. The van der Waals surface area contributed by atoms with Crippen molar-refractivity contribution >= 4 is 11.9 Å². The molecule has 0 aliphatic rings. The molecular formula is C7H8N2O4. The number of carbonyl (C=O) groups excluding carboxylic acids is 1. The highest BCUT2D eigenvalue weighted by molar-refractivity contribution is 5.93. The van der Waals surface area contributed by atoms with Crippen LogP contribution < -0.4 is 5.32 Å². The maximum Gasteiger partial charge on any atom is 0.325 e. The molecule has 1 heterocycles. The Kier molecular flexibility index (Phi) is 2.63. The van der Waals surface area contributed by atoms with Crippen molar-refractivity contribution in [2.75, 3.05) is 0 Å². The Bertz CT molecular complexity index is 306. The maximum atomic E-state index is 11.1. The SMILES string of the molecule is C[C@@H](NC(=O)c1ccno1)C(=O)O. The fourth-order valence-corrected chi connectivity index (χ4v) is 0.662. The summed E-state index contributed by atoms with van der Waals surface area (Å²) < 4.78 is 4.52. The summed E-state index contributed by atoms with van der Waals surface area (Å²) in [7, 11) is 0. The highest BCUT2D eigenvalue weighted by atomic mass is 16.5. The third-order valence-electron chi connectivity index (χ3n) is 1.38. The number of hydrogen-bond acceptors (Lipinski definition) is 4. The lowest BCUT2D eigenvalue weighted by atomic mass is 10.3. The lowest BCUT2D eigenvalue weighted by Crippen LogP contribution is -2.38. The normalized spacial score (nSPS) is 12.1. The molecule has 0 radical (unpaired) electrons. The summed E-state index contributed by atoms with van der Waals surface area (Å²) in [6, 6.07) is 0.404. The van der Waals surface area contributed by atoms with Crippen LogP contribution in [0.25, 0.3) is 0 Å². The number of aromatic nitrogens is 1. The molecule has 6 nitrogen and oxygen atoms in total. The number of carbonyl (C=O) groups is 2. The average Bonchev–Trinajstić information content (AvgIpc) is 2.55. The van der Waals surface area contributed by atoms with E-state index in [0.29, 0.717) is 0 Å². The zero-order chi connectivity index (χ0) is 9.84. The first-order valence-electron chi connectivity index (χ1n) is 3.55. The van der Waals surface area contributed by atoms with E-state index in [0.717, 1.165) is 0 Å². The smallest absolute Gasteiger partial charge is 0.325 e. The standard InChI is InChI=1S/C7H8N2O4/c1-4(7(11)12)9-6(10)5-2-3-8-13-5/h2-4H,1H3,(H,9,10)(H,11,12)/t4-/m1/s1. The molecule has 0 aliphatic heterocycles. The summed E-state index contributed by atoms with van der Waals surface area (Å²) in [5.74, 6) is -1.70. The summed E-state index contributed by atoms with van der Waals surface area (Å²) in [5, 5.41) is 14.0. The van der Waals surface area contributed by atoms with Gasteiger partial charge in [-0.2, -0.15) is 0 Å². The highest BCUT2D eigenvalue weighted by Crippen LogP contribution is 1.96. The van der Waals surface area contributed by atoms with Crippen LogP contribution in [0, 0.1) is 0 Å². The van der Waals surface area contributed by atoms with Crippen LogP contribution >= 0.6 is 0 Å². The molecule has 1 amide bonds. The minimum absolute atomic E-state index is 0.00639. The fourth-order valence-electron chi connectivity index (χ4n) is 0.662. The van der Waals surface area contributed by atoms with Crippen LogP contribution in [0.1, 0.15) is 17.5 Å². The van der Waals surface area contributed by atoms with Gasteiger partial charge in [-0.15, -0.1) is 0 Å². The predicted molar refractivity (Wildman–Crippen MR) is 41.1 cm³/mol. The van der Waals surface area contributed by atoms with Crippen LogP contribution in [-0.4, -0.2) is 28.2 Å². The van der Waals surface area contributed by atoms with Gasteiger partial charge >= 0.3 is 5.97 Å². The summed E-state index contributed by atoms with van der Waals surface area (Å²) >= 11 is 0. The molecule has 0 saturated carbocycles. The maximum absolute atomic E-state index is 11.1. The lowest BCUT2D eigenvalue weighted by Gasteiger charge is -2.05. The van der Waals surface area contributed by atoms with Crippen molar-refractivity contribution in [2.45, 2.75) is 13.0 Å². The second kappa shape index (κ2) is 3.70. The number of hydrogen-bond donors (Lipinski definition) is 2. The zero-order valence-corrected chi connectivity index (χ0v) is 6.85. The van der Waals surface area contributed by atoms with E-state index >= 15 is 0 Å². The average molecular weight is 184 g/mol. The topological polar surface area (TPSA) is 92.4 Å². The second-order valence-electron chi connectivity index (χ2n) is 2.41. The Labute approximate surface area is 73.5 Å². The van der Waals surface area contributed by atoms with E-state index in [2.05, 4.69) is 15.0 Å². The van der Waals surface area contributed by atoms with Crippen LogP contribution in [0.5, 0.6) is 0 Å². The van der Waals surface area contributed by atoms with E-state index in [1.54, 1.807) is 0 Å². The van der Waals surface area contributed by atoms with Crippen molar-refractivity contribution in [3.8, 4) is 0 Å². The Morgan fingerprint density at radius 1 is 1.69 bits per heavy atom. The van der Waals surface area contributed by atoms with E-state index in [1.807, 2.05) is 0 Å². The Morgan fingerprint density at radius 3 is 2.85 bits per heavy atom. The molecule has 0 unspecified atom stereocenters. The van der Waals surface area contributed by atoms with Gasteiger partial charge in [-0.05, 0) is 6.92 Å². The molecule has 2 N–H and O–H groups in total. The molecular weight excluding hydrogens is 176 g/mol. The van der Waals surface area contributed by atoms with Crippen molar-refractivity contribution < 1.29 is 19.2 Å². The first kappa shape index (κ1) is 9.24. The van der Waals surface area contributed by atoms with Gasteiger partial charge in [-0.1, -0.05) is 5.16 Å². The minimum atomic E-state index is -1.10. The monoisotopic (exact) mass is 184 g/mol. The molecule has 1 aromatic heterocycles. The van der Waals surface area contributed by atoms with E-state index in [-0.39, 0.29) is 5.76 Å². The molecule has 6 heteroatoms. The Balaban J connectivity index is 2.56. The first-order chi connectivity index (χ1) is 6.11. The van der Waals surface area contributed by atoms with Gasteiger partial charge in [0, 0.05) is 6.07 Å². The van der Waals surface area contributed by atoms with E-state index in [1.165, 1.54) is 19.2 Å². The molecule has 1 atom stereocenters. The third kappa shape index (κ3) is 2.29. The molecule has 1 aromatic rings. The van der Waals surface area contributed by atoms with Gasteiger partial charge in [-0.3, -0.25) is 9.59 Å².